The molecule has 0 spiro atoms. The smallest absolute Gasteiger partial charge is 0.242 e. The first-order chi connectivity index (χ1) is 8.60. The molecule has 1 atom stereocenters. The summed E-state index contributed by atoms with van der Waals surface area (Å²) in [6.07, 6.45) is 1.12. The average molecular weight is 252 g/mol. The van der Waals surface area contributed by atoms with Crippen molar-refractivity contribution < 1.29 is 13.9 Å². The highest BCUT2D eigenvalue weighted by Gasteiger charge is 2.37. The van der Waals surface area contributed by atoms with E-state index in [2.05, 4.69) is 5.32 Å². The second kappa shape index (κ2) is 5.46. The number of carbonyl (C=O) groups is 1. The van der Waals surface area contributed by atoms with Gasteiger partial charge in [-0.25, -0.2) is 4.39 Å². The van der Waals surface area contributed by atoms with Gasteiger partial charge in [-0.3, -0.25) is 4.79 Å². The summed E-state index contributed by atoms with van der Waals surface area (Å²) < 4.78 is 18.1. The Labute approximate surface area is 105 Å². The number of ether oxygens (including phenoxy) is 1. The van der Waals surface area contributed by atoms with E-state index in [-0.39, 0.29) is 18.3 Å². The van der Waals surface area contributed by atoms with Crippen LogP contribution in [-0.4, -0.2) is 31.2 Å². The van der Waals surface area contributed by atoms with Gasteiger partial charge in [0.05, 0.1) is 6.61 Å². The summed E-state index contributed by atoms with van der Waals surface area (Å²) in [7, 11) is 0. The van der Waals surface area contributed by atoms with Gasteiger partial charge in [0.1, 0.15) is 11.4 Å². The van der Waals surface area contributed by atoms with Gasteiger partial charge in [0.15, 0.2) is 0 Å². The van der Waals surface area contributed by atoms with Crippen molar-refractivity contribution in [2.45, 2.75) is 18.4 Å². The van der Waals surface area contributed by atoms with Crippen molar-refractivity contribution in [1.29, 1.82) is 0 Å². The van der Waals surface area contributed by atoms with E-state index in [4.69, 9.17) is 10.5 Å². The second-order valence-electron chi connectivity index (χ2n) is 4.59. The first kappa shape index (κ1) is 13.0. The Balaban J connectivity index is 1.80. The molecule has 18 heavy (non-hydrogen) atoms. The highest BCUT2D eigenvalue weighted by molar-refractivity contribution is 5.86. The molecule has 1 fully saturated rings. The first-order valence-corrected chi connectivity index (χ1v) is 5.99. The third-order valence-electron chi connectivity index (χ3n) is 3.09. The molecule has 1 aromatic carbocycles. The predicted molar refractivity (Wildman–Crippen MR) is 65.5 cm³/mol. The second-order valence-corrected chi connectivity index (χ2v) is 4.59. The molecule has 1 saturated heterocycles. The van der Waals surface area contributed by atoms with Gasteiger partial charge < -0.3 is 15.8 Å². The Morgan fingerprint density at radius 1 is 1.56 bits per heavy atom. The lowest BCUT2D eigenvalue weighted by atomic mass is 9.99. The van der Waals surface area contributed by atoms with E-state index in [0.29, 0.717) is 26.0 Å². The average Bonchev–Trinajstić information content (AvgIpc) is 2.77. The molecule has 0 bridgehead atoms. The van der Waals surface area contributed by atoms with Gasteiger partial charge in [-0.1, -0.05) is 12.1 Å². The van der Waals surface area contributed by atoms with Crippen LogP contribution in [-0.2, 0) is 16.0 Å². The third kappa shape index (κ3) is 3.05. The van der Waals surface area contributed by atoms with Crippen molar-refractivity contribution in [1.82, 2.24) is 5.32 Å². The Morgan fingerprint density at radius 3 is 3.06 bits per heavy atom. The van der Waals surface area contributed by atoms with Gasteiger partial charge in [-0.2, -0.15) is 0 Å². The Hall–Kier alpha value is -1.46. The number of amides is 1. The fraction of sp³-hybridized carbons (Fsp3) is 0.462. The quantitative estimate of drug-likeness (QED) is 0.825. The molecule has 0 aromatic heterocycles. The van der Waals surface area contributed by atoms with Crippen molar-refractivity contribution in [2.24, 2.45) is 5.73 Å². The molecule has 1 aliphatic heterocycles. The summed E-state index contributed by atoms with van der Waals surface area (Å²) >= 11 is 0. The molecule has 1 aromatic rings. The zero-order chi connectivity index (χ0) is 13.0. The van der Waals surface area contributed by atoms with Crippen LogP contribution in [0.2, 0.25) is 0 Å². The number of hydrogen-bond donors (Lipinski definition) is 2. The van der Waals surface area contributed by atoms with E-state index in [0.717, 1.165) is 5.56 Å². The molecule has 0 saturated carbocycles. The number of rotatable bonds is 4. The number of benzene rings is 1. The fourth-order valence-electron chi connectivity index (χ4n) is 1.95. The third-order valence-corrected chi connectivity index (χ3v) is 3.09. The first-order valence-electron chi connectivity index (χ1n) is 5.99. The molecule has 4 nitrogen and oxygen atoms in total. The van der Waals surface area contributed by atoms with Crippen molar-refractivity contribution in [3.63, 3.8) is 0 Å². The molecule has 0 radical (unpaired) electrons. The Bertz CT molecular complexity index is 431. The molecule has 1 aliphatic rings. The maximum atomic E-state index is 12.9. The summed E-state index contributed by atoms with van der Waals surface area (Å²) in [4.78, 5) is 11.8. The maximum absolute atomic E-state index is 12.9. The molecule has 1 amide bonds. The number of hydrogen-bond acceptors (Lipinski definition) is 3. The SMILES string of the molecule is NC1(C(=O)NCCc2cccc(F)c2)CCOC1. The highest BCUT2D eigenvalue weighted by Crippen LogP contribution is 2.15. The van der Waals surface area contributed by atoms with Gasteiger partial charge in [0.25, 0.3) is 0 Å². The molecule has 0 aliphatic carbocycles. The van der Waals surface area contributed by atoms with E-state index in [1.807, 2.05) is 6.07 Å². The summed E-state index contributed by atoms with van der Waals surface area (Å²) in [6.45, 7) is 1.23. The van der Waals surface area contributed by atoms with Crippen LogP contribution < -0.4 is 11.1 Å². The maximum Gasteiger partial charge on any atom is 0.242 e. The zero-order valence-electron chi connectivity index (χ0n) is 10.1. The Kier molecular flexibility index (Phi) is 3.93. The minimum atomic E-state index is -0.901. The van der Waals surface area contributed by atoms with Crippen molar-refractivity contribution in [3.8, 4) is 0 Å². The van der Waals surface area contributed by atoms with Crippen LogP contribution in [0.4, 0.5) is 4.39 Å². The highest BCUT2D eigenvalue weighted by atomic mass is 19.1. The van der Waals surface area contributed by atoms with Gasteiger partial charge in [0.2, 0.25) is 5.91 Å². The van der Waals surface area contributed by atoms with Crippen LogP contribution in [0.5, 0.6) is 0 Å². The lowest BCUT2D eigenvalue weighted by Crippen LogP contribution is -2.54. The van der Waals surface area contributed by atoms with Crippen LogP contribution >= 0.6 is 0 Å². The summed E-state index contributed by atoms with van der Waals surface area (Å²) in [5.41, 5.74) is 5.86. The molecule has 2 rings (SSSR count). The standard InChI is InChI=1S/C13H17FN2O2/c14-11-3-1-2-10(8-11)4-6-16-12(17)13(15)5-7-18-9-13/h1-3,8H,4-7,9,15H2,(H,16,17). The van der Waals surface area contributed by atoms with E-state index in [1.165, 1.54) is 12.1 Å². The van der Waals surface area contributed by atoms with Gasteiger partial charge in [0, 0.05) is 13.2 Å². The van der Waals surface area contributed by atoms with E-state index >= 15 is 0 Å². The fourth-order valence-corrected chi connectivity index (χ4v) is 1.95. The zero-order valence-corrected chi connectivity index (χ0v) is 10.1. The van der Waals surface area contributed by atoms with Gasteiger partial charge in [-0.15, -0.1) is 0 Å². The van der Waals surface area contributed by atoms with Gasteiger partial charge in [-0.05, 0) is 30.5 Å². The lowest BCUT2D eigenvalue weighted by molar-refractivity contribution is -0.126. The molecular formula is C13H17FN2O2. The topological polar surface area (TPSA) is 64.4 Å². The summed E-state index contributed by atoms with van der Waals surface area (Å²) in [6, 6.07) is 6.34. The predicted octanol–water partition coefficient (Wildman–Crippen LogP) is 0.602. The van der Waals surface area contributed by atoms with E-state index in [9.17, 15) is 9.18 Å². The number of nitrogens with one attached hydrogen (secondary N) is 1. The molecule has 3 N–H and O–H groups in total. The molecule has 5 heteroatoms. The van der Waals surface area contributed by atoms with Crippen LogP contribution in [0.15, 0.2) is 24.3 Å². The number of carbonyl (C=O) groups excluding carboxylic acids is 1. The minimum Gasteiger partial charge on any atom is -0.379 e. The number of halogens is 1. The van der Waals surface area contributed by atoms with Crippen LogP contribution in [0.3, 0.4) is 0 Å². The van der Waals surface area contributed by atoms with Crippen molar-refractivity contribution in [2.75, 3.05) is 19.8 Å². The van der Waals surface area contributed by atoms with Gasteiger partial charge >= 0.3 is 0 Å². The van der Waals surface area contributed by atoms with E-state index in [1.54, 1.807) is 6.07 Å². The minimum absolute atomic E-state index is 0.198. The lowest BCUT2D eigenvalue weighted by Gasteiger charge is -2.20. The molecule has 98 valence electrons. The van der Waals surface area contributed by atoms with Crippen LogP contribution in [0.1, 0.15) is 12.0 Å². The molecule has 1 unspecified atom stereocenters. The van der Waals surface area contributed by atoms with Crippen LogP contribution in [0.25, 0.3) is 0 Å². The monoisotopic (exact) mass is 252 g/mol. The Morgan fingerprint density at radius 2 is 2.39 bits per heavy atom. The number of nitrogens with two attached hydrogens (primary N) is 1. The molecule has 1 heterocycles. The van der Waals surface area contributed by atoms with Crippen molar-refractivity contribution >= 4 is 5.91 Å². The van der Waals surface area contributed by atoms with Crippen LogP contribution in [0, 0.1) is 5.82 Å². The van der Waals surface area contributed by atoms with Crippen molar-refractivity contribution in [3.05, 3.63) is 35.6 Å². The summed E-state index contributed by atoms with van der Waals surface area (Å²) in [5, 5.41) is 2.77. The largest absolute Gasteiger partial charge is 0.379 e. The normalized spacial score (nSPS) is 23.0. The summed E-state index contributed by atoms with van der Waals surface area (Å²) in [5.74, 6) is -0.463. The van der Waals surface area contributed by atoms with E-state index < -0.39 is 5.54 Å². The molecular weight excluding hydrogens is 235 g/mol.